The summed E-state index contributed by atoms with van der Waals surface area (Å²) in [7, 11) is 0. The number of imidazole rings is 1. The Bertz CT molecular complexity index is 1010. The Balaban J connectivity index is 1.56. The van der Waals surface area contributed by atoms with E-state index in [1.54, 1.807) is 16.8 Å². The van der Waals surface area contributed by atoms with Crippen LogP contribution in [0.2, 0.25) is 0 Å². The van der Waals surface area contributed by atoms with Crippen LogP contribution >= 0.6 is 11.3 Å². The van der Waals surface area contributed by atoms with E-state index in [-0.39, 0.29) is 4.88 Å². The van der Waals surface area contributed by atoms with E-state index < -0.39 is 11.7 Å². The number of aryl methyl sites for hydroxylation is 2. The lowest BCUT2D eigenvalue weighted by molar-refractivity contribution is 0.102. The maximum atomic E-state index is 14.4. The molecule has 1 fully saturated rings. The van der Waals surface area contributed by atoms with Crippen molar-refractivity contribution in [2.45, 2.75) is 45.6 Å². The predicted octanol–water partition coefficient (Wildman–Crippen LogP) is 3.65. The molecule has 8 heteroatoms. The first-order chi connectivity index (χ1) is 12.9. The summed E-state index contributed by atoms with van der Waals surface area (Å²) >= 11 is 1.25. The van der Waals surface area contributed by atoms with Crippen molar-refractivity contribution in [1.29, 1.82) is 0 Å². The Morgan fingerprint density at radius 2 is 2.22 bits per heavy atom. The Kier molecular flexibility index (Phi) is 4.69. The Labute approximate surface area is 160 Å². The van der Waals surface area contributed by atoms with Gasteiger partial charge < -0.3 is 10.6 Å². The van der Waals surface area contributed by atoms with Gasteiger partial charge in [0.25, 0.3) is 5.91 Å². The number of piperidine rings is 1. The van der Waals surface area contributed by atoms with Crippen molar-refractivity contribution in [3.05, 3.63) is 45.2 Å². The van der Waals surface area contributed by atoms with Gasteiger partial charge in [-0.2, -0.15) is 0 Å². The molecule has 4 rings (SSSR count). The highest BCUT2D eigenvalue weighted by Crippen LogP contribution is 2.34. The molecule has 0 aliphatic carbocycles. The second kappa shape index (κ2) is 7.01. The first-order valence-electron chi connectivity index (χ1n) is 9.08. The van der Waals surface area contributed by atoms with Crippen LogP contribution in [-0.2, 0) is 0 Å². The van der Waals surface area contributed by atoms with Gasteiger partial charge in [-0.15, -0.1) is 16.4 Å². The van der Waals surface area contributed by atoms with Gasteiger partial charge in [0.2, 0.25) is 0 Å². The van der Waals surface area contributed by atoms with Crippen molar-refractivity contribution in [3.63, 3.8) is 0 Å². The number of carbonyl (C=O) groups is 1. The van der Waals surface area contributed by atoms with Gasteiger partial charge in [-0.05, 0) is 63.8 Å². The second-order valence-electron chi connectivity index (χ2n) is 7.22. The molecule has 1 amide bonds. The number of hydrogen-bond donors (Lipinski definition) is 2. The van der Waals surface area contributed by atoms with Crippen LogP contribution in [0.15, 0.2) is 18.3 Å². The highest BCUT2D eigenvalue weighted by Gasteiger charge is 2.25. The van der Waals surface area contributed by atoms with Crippen LogP contribution in [0.3, 0.4) is 0 Å². The monoisotopic (exact) mass is 387 g/mol. The Morgan fingerprint density at radius 1 is 1.41 bits per heavy atom. The number of thiophene rings is 1. The number of hydrogen-bond acceptors (Lipinski definition) is 5. The van der Waals surface area contributed by atoms with Gasteiger partial charge >= 0.3 is 0 Å². The standard InChI is InChI=1S/C19H22FN5OS/c1-10-6-16(24-25-9-12(3)22-18(10)25)23-19(26)17-14(20)8-15(27-17)13-4-5-21-11(2)7-13/h6,8-9,11,13,21H,4-5,7H2,1-3H3,(H,23,24,26)/t11-,13+/m1/s1. The Morgan fingerprint density at radius 3 is 3.00 bits per heavy atom. The average molecular weight is 387 g/mol. The maximum Gasteiger partial charge on any atom is 0.269 e. The van der Waals surface area contributed by atoms with Crippen molar-refractivity contribution in [2.24, 2.45) is 0 Å². The minimum Gasteiger partial charge on any atom is -0.314 e. The summed E-state index contributed by atoms with van der Waals surface area (Å²) in [4.78, 5) is 18.1. The third kappa shape index (κ3) is 3.59. The number of halogens is 1. The van der Waals surface area contributed by atoms with Crippen LogP contribution in [0.4, 0.5) is 10.2 Å². The molecule has 6 nitrogen and oxygen atoms in total. The molecule has 2 atom stereocenters. The van der Waals surface area contributed by atoms with Crippen molar-refractivity contribution in [1.82, 2.24) is 19.9 Å². The molecule has 1 aliphatic heterocycles. The smallest absolute Gasteiger partial charge is 0.269 e. The van der Waals surface area contributed by atoms with Crippen molar-refractivity contribution < 1.29 is 9.18 Å². The van der Waals surface area contributed by atoms with E-state index >= 15 is 0 Å². The van der Waals surface area contributed by atoms with Crippen LogP contribution in [0.25, 0.3) is 5.65 Å². The molecular weight excluding hydrogens is 365 g/mol. The number of anilines is 1. The molecule has 2 N–H and O–H groups in total. The van der Waals surface area contributed by atoms with Gasteiger partial charge in [0.1, 0.15) is 10.7 Å². The summed E-state index contributed by atoms with van der Waals surface area (Å²) in [6.07, 6.45) is 3.71. The number of carbonyl (C=O) groups excluding carboxylic acids is 1. The van der Waals surface area contributed by atoms with Crippen LogP contribution in [0, 0.1) is 19.7 Å². The van der Waals surface area contributed by atoms with Gasteiger partial charge in [-0.3, -0.25) is 4.79 Å². The molecule has 142 valence electrons. The summed E-state index contributed by atoms with van der Waals surface area (Å²) in [6.45, 7) is 6.84. The summed E-state index contributed by atoms with van der Waals surface area (Å²) in [5.74, 6) is -0.246. The molecule has 0 bridgehead atoms. The van der Waals surface area contributed by atoms with Gasteiger partial charge in [0, 0.05) is 10.9 Å². The zero-order chi connectivity index (χ0) is 19.1. The summed E-state index contributed by atoms with van der Waals surface area (Å²) in [6, 6.07) is 3.67. The maximum absolute atomic E-state index is 14.4. The first kappa shape index (κ1) is 18.1. The molecule has 0 unspecified atom stereocenters. The lowest BCUT2D eigenvalue weighted by Gasteiger charge is -2.27. The molecule has 0 radical (unpaired) electrons. The van der Waals surface area contributed by atoms with Crippen molar-refractivity contribution in [3.8, 4) is 0 Å². The molecule has 3 aromatic heterocycles. The zero-order valence-electron chi connectivity index (χ0n) is 15.5. The minimum atomic E-state index is -0.464. The second-order valence-corrected chi connectivity index (χ2v) is 8.30. The van der Waals surface area contributed by atoms with E-state index in [0.29, 0.717) is 17.8 Å². The van der Waals surface area contributed by atoms with Crippen molar-refractivity contribution in [2.75, 3.05) is 11.9 Å². The van der Waals surface area contributed by atoms with Crippen LogP contribution in [0.5, 0.6) is 0 Å². The molecule has 1 aliphatic rings. The summed E-state index contributed by atoms with van der Waals surface area (Å²) < 4.78 is 16.1. The number of fused-ring (bicyclic) bond motifs is 1. The normalized spacial score (nSPS) is 20.1. The van der Waals surface area contributed by atoms with Gasteiger partial charge in [0.05, 0.1) is 11.9 Å². The fourth-order valence-corrected chi connectivity index (χ4v) is 4.69. The molecule has 27 heavy (non-hydrogen) atoms. The van der Waals surface area contributed by atoms with Crippen LogP contribution in [-0.4, -0.2) is 33.1 Å². The molecule has 3 aromatic rings. The zero-order valence-corrected chi connectivity index (χ0v) is 16.4. The lowest BCUT2D eigenvalue weighted by atomic mass is 9.92. The van der Waals surface area contributed by atoms with Crippen LogP contribution < -0.4 is 10.6 Å². The predicted molar refractivity (Wildman–Crippen MR) is 104 cm³/mol. The average Bonchev–Trinajstić information content (AvgIpc) is 3.17. The summed E-state index contributed by atoms with van der Waals surface area (Å²) in [5.41, 5.74) is 2.48. The van der Waals surface area contributed by atoms with Gasteiger partial charge in [-0.25, -0.2) is 13.9 Å². The summed E-state index contributed by atoms with van der Waals surface area (Å²) in [5, 5.41) is 10.5. The number of nitrogens with one attached hydrogen (secondary N) is 2. The molecule has 1 saturated heterocycles. The van der Waals surface area contributed by atoms with E-state index in [1.165, 1.54) is 17.4 Å². The SMILES string of the molecule is Cc1cn2nc(NC(=O)c3sc([C@H]4CCN[C@H](C)C4)cc3F)cc(C)c2n1. The first-order valence-corrected chi connectivity index (χ1v) is 9.90. The number of rotatable bonds is 3. The topological polar surface area (TPSA) is 71.3 Å². The van der Waals surface area contributed by atoms with E-state index in [0.717, 1.165) is 41.2 Å². The van der Waals surface area contributed by atoms with Gasteiger partial charge in [-0.1, -0.05) is 0 Å². The molecule has 0 spiro atoms. The van der Waals surface area contributed by atoms with E-state index in [1.807, 2.05) is 13.8 Å². The number of amides is 1. The quantitative estimate of drug-likeness (QED) is 0.720. The minimum absolute atomic E-state index is 0.109. The fraction of sp³-hybridized carbons (Fsp3) is 0.421. The molecule has 0 aromatic carbocycles. The number of nitrogens with zero attached hydrogens (tertiary/aromatic N) is 3. The van der Waals surface area contributed by atoms with E-state index in [4.69, 9.17) is 0 Å². The van der Waals surface area contributed by atoms with E-state index in [9.17, 15) is 9.18 Å². The third-order valence-corrected chi connectivity index (χ3v) is 6.18. The fourth-order valence-electron chi connectivity index (χ4n) is 3.61. The molecular formula is C19H22FN5OS. The van der Waals surface area contributed by atoms with Gasteiger partial charge in [0.15, 0.2) is 11.5 Å². The highest BCUT2D eigenvalue weighted by molar-refractivity contribution is 7.14. The molecule has 0 saturated carbocycles. The highest BCUT2D eigenvalue weighted by atomic mass is 32.1. The van der Waals surface area contributed by atoms with E-state index in [2.05, 4.69) is 27.6 Å². The largest absolute Gasteiger partial charge is 0.314 e. The molecule has 4 heterocycles. The lowest BCUT2D eigenvalue weighted by Crippen LogP contribution is -2.34. The van der Waals surface area contributed by atoms with Crippen molar-refractivity contribution >= 4 is 28.7 Å². The van der Waals surface area contributed by atoms with Crippen LogP contribution in [0.1, 0.15) is 51.5 Å². The third-order valence-electron chi connectivity index (χ3n) is 4.91. The Hall–Kier alpha value is -2.32. The number of aromatic nitrogens is 3.